The van der Waals surface area contributed by atoms with Crippen molar-refractivity contribution < 1.29 is 4.79 Å². The van der Waals surface area contributed by atoms with Gasteiger partial charge in [0.15, 0.2) is 0 Å². The Labute approximate surface area is 102 Å². The standard InChI is InChI=1S/C13H19N3O/c1-3-16(9-10-6-7-10)13(17)11-5-4-8-15-12(11)14-2/h4-5,8,10H,3,6-7,9H2,1-2H3,(H,14,15). The van der Waals surface area contributed by atoms with Gasteiger partial charge in [0.2, 0.25) is 0 Å². The van der Waals surface area contributed by atoms with Gasteiger partial charge in [0.25, 0.3) is 5.91 Å². The van der Waals surface area contributed by atoms with Crippen molar-refractivity contribution in [1.29, 1.82) is 0 Å². The van der Waals surface area contributed by atoms with Crippen LogP contribution in [0.4, 0.5) is 5.82 Å². The van der Waals surface area contributed by atoms with Crippen LogP contribution in [0.1, 0.15) is 30.1 Å². The number of carbonyl (C=O) groups is 1. The number of hydrogen-bond acceptors (Lipinski definition) is 3. The maximum Gasteiger partial charge on any atom is 0.257 e. The summed E-state index contributed by atoms with van der Waals surface area (Å²) in [7, 11) is 1.79. The number of aromatic nitrogens is 1. The molecule has 1 aromatic rings. The normalized spacial score (nSPS) is 14.5. The van der Waals surface area contributed by atoms with Gasteiger partial charge >= 0.3 is 0 Å². The smallest absolute Gasteiger partial charge is 0.257 e. The molecule has 0 spiro atoms. The van der Waals surface area contributed by atoms with E-state index in [1.807, 2.05) is 17.9 Å². The summed E-state index contributed by atoms with van der Waals surface area (Å²) >= 11 is 0. The lowest BCUT2D eigenvalue weighted by Gasteiger charge is -2.21. The number of hydrogen-bond donors (Lipinski definition) is 1. The number of carbonyl (C=O) groups excluding carboxylic acids is 1. The molecule has 0 radical (unpaired) electrons. The molecule has 1 heterocycles. The van der Waals surface area contributed by atoms with E-state index in [9.17, 15) is 4.79 Å². The van der Waals surface area contributed by atoms with Crippen LogP contribution >= 0.6 is 0 Å². The van der Waals surface area contributed by atoms with Crippen LogP contribution in [0.5, 0.6) is 0 Å². The zero-order valence-corrected chi connectivity index (χ0v) is 10.4. The van der Waals surface area contributed by atoms with E-state index in [1.165, 1.54) is 12.8 Å². The van der Waals surface area contributed by atoms with E-state index in [2.05, 4.69) is 10.3 Å². The van der Waals surface area contributed by atoms with E-state index in [0.29, 0.717) is 17.3 Å². The van der Waals surface area contributed by atoms with Gasteiger partial charge in [-0.1, -0.05) is 0 Å². The number of nitrogens with one attached hydrogen (secondary N) is 1. The lowest BCUT2D eigenvalue weighted by molar-refractivity contribution is 0.0757. The fraction of sp³-hybridized carbons (Fsp3) is 0.538. The SMILES string of the molecule is CCN(CC1CC1)C(=O)c1cccnc1NC. The number of nitrogens with zero attached hydrogens (tertiary/aromatic N) is 2. The Morgan fingerprint density at radius 3 is 2.94 bits per heavy atom. The van der Waals surface area contributed by atoms with Crippen molar-refractivity contribution in [2.24, 2.45) is 5.92 Å². The monoisotopic (exact) mass is 233 g/mol. The minimum atomic E-state index is 0.0804. The van der Waals surface area contributed by atoms with Crippen LogP contribution in [0.25, 0.3) is 0 Å². The first-order chi connectivity index (χ1) is 8.26. The lowest BCUT2D eigenvalue weighted by atomic mass is 10.2. The first kappa shape index (κ1) is 11.9. The van der Waals surface area contributed by atoms with Gasteiger partial charge in [-0.25, -0.2) is 4.98 Å². The predicted octanol–water partition coefficient (Wildman–Crippen LogP) is 2.00. The highest BCUT2D eigenvalue weighted by atomic mass is 16.2. The van der Waals surface area contributed by atoms with E-state index >= 15 is 0 Å². The van der Waals surface area contributed by atoms with Crippen LogP contribution in [0.3, 0.4) is 0 Å². The summed E-state index contributed by atoms with van der Waals surface area (Å²) in [6.07, 6.45) is 4.21. The van der Waals surface area contributed by atoms with Crippen molar-refractivity contribution in [2.45, 2.75) is 19.8 Å². The molecule has 1 fully saturated rings. The first-order valence-corrected chi connectivity index (χ1v) is 6.18. The third-order valence-electron chi connectivity index (χ3n) is 3.12. The summed E-state index contributed by atoms with van der Waals surface area (Å²) in [5.74, 6) is 1.46. The molecule has 0 aliphatic heterocycles. The van der Waals surface area contributed by atoms with Crippen LogP contribution in [0, 0.1) is 5.92 Å². The second-order valence-electron chi connectivity index (χ2n) is 4.44. The van der Waals surface area contributed by atoms with Crippen LogP contribution in [0.15, 0.2) is 18.3 Å². The summed E-state index contributed by atoms with van der Waals surface area (Å²) in [4.78, 5) is 18.4. The zero-order valence-electron chi connectivity index (χ0n) is 10.4. The number of pyridine rings is 1. The second kappa shape index (κ2) is 5.17. The third-order valence-corrected chi connectivity index (χ3v) is 3.12. The molecule has 1 aliphatic carbocycles. The van der Waals surface area contributed by atoms with Gasteiger partial charge in [-0.3, -0.25) is 4.79 Å². The van der Waals surface area contributed by atoms with Crippen LogP contribution in [0.2, 0.25) is 0 Å². The first-order valence-electron chi connectivity index (χ1n) is 6.18. The summed E-state index contributed by atoms with van der Waals surface area (Å²) in [5.41, 5.74) is 0.664. The largest absolute Gasteiger partial charge is 0.372 e. The van der Waals surface area contributed by atoms with Crippen LogP contribution in [-0.4, -0.2) is 35.9 Å². The van der Waals surface area contributed by atoms with Crippen molar-refractivity contribution in [3.63, 3.8) is 0 Å². The molecule has 0 atom stereocenters. The fourth-order valence-corrected chi connectivity index (χ4v) is 1.92. The Kier molecular flexibility index (Phi) is 3.61. The van der Waals surface area contributed by atoms with E-state index < -0.39 is 0 Å². The topological polar surface area (TPSA) is 45.2 Å². The van der Waals surface area contributed by atoms with Crippen molar-refractivity contribution in [3.8, 4) is 0 Å². The fourth-order valence-electron chi connectivity index (χ4n) is 1.92. The van der Waals surface area contributed by atoms with Crippen molar-refractivity contribution in [1.82, 2.24) is 9.88 Å². The highest BCUT2D eigenvalue weighted by Crippen LogP contribution is 2.30. The van der Waals surface area contributed by atoms with Gasteiger partial charge in [-0.15, -0.1) is 0 Å². The molecule has 1 aromatic heterocycles. The minimum Gasteiger partial charge on any atom is -0.372 e. The van der Waals surface area contributed by atoms with Gasteiger partial charge in [0.05, 0.1) is 5.56 Å². The molecule has 92 valence electrons. The lowest BCUT2D eigenvalue weighted by Crippen LogP contribution is -2.33. The number of anilines is 1. The molecule has 17 heavy (non-hydrogen) atoms. The summed E-state index contributed by atoms with van der Waals surface area (Å²) < 4.78 is 0. The van der Waals surface area contributed by atoms with E-state index in [1.54, 1.807) is 19.3 Å². The number of amides is 1. The quantitative estimate of drug-likeness (QED) is 0.846. The summed E-state index contributed by atoms with van der Waals surface area (Å²) in [5, 5.41) is 2.97. The molecular formula is C13H19N3O. The van der Waals surface area contributed by atoms with Gasteiger partial charge < -0.3 is 10.2 Å². The third kappa shape index (κ3) is 2.75. The average Bonchev–Trinajstić information content (AvgIpc) is 3.19. The Morgan fingerprint density at radius 1 is 1.59 bits per heavy atom. The van der Waals surface area contributed by atoms with E-state index in [0.717, 1.165) is 13.1 Å². The maximum atomic E-state index is 12.4. The summed E-state index contributed by atoms with van der Waals surface area (Å²) in [6, 6.07) is 3.63. The van der Waals surface area contributed by atoms with Crippen molar-refractivity contribution in [2.75, 3.05) is 25.5 Å². The predicted molar refractivity (Wildman–Crippen MR) is 68.1 cm³/mol. The van der Waals surface area contributed by atoms with E-state index in [-0.39, 0.29) is 5.91 Å². The Hall–Kier alpha value is -1.58. The molecule has 4 heteroatoms. The zero-order chi connectivity index (χ0) is 12.3. The Bertz CT molecular complexity index is 401. The number of rotatable bonds is 5. The van der Waals surface area contributed by atoms with Gasteiger partial charge in [-0.2, -0.15) is 0 Å². The Balaban J connectivity index is 2.15. The van der Waals surface area contributed by atoms with Gasteiger partial charge in [-0.05, 0) is 37.8 Å². The summed E-state index contributed by atoms with van der Waals surface area (Å²) in [6.45, 7) is 3.66. The molecular weight excluding hydrogens is 214 g/mol. The average molecular weight is 233 g/mol. The molecule has 1 saturated carbocycles. The molecule has 1 N–H and O–H groups in total. The van der Waals surface area contributed by atoms with Gasteiger partial charge in [0, 0.05) is 26.3 Å². The van der Waals surface area contributed by atoms with Crippen LogP contribution < -0.4 is 5.32 Å². The van der Waals surface area contributed by atoms with Crippen LogP contribution in [-0.2, 0) is 0 Å². The molecule has 0 unspecified atom stereocenters. The molecule has 0 aromatic carbocycles. The Morgan fingerprint density at radius 2 is 2.35 bits per heavy atom. The van der Waals surface area contributed by atoms with E-state index in [4.69, 9.17) is 0 Å². The molecule has 1 aliphatic rings. The minimum absolute atomic E-state index is 0.0804. The molecule has 2 rings (SSSR count). The van der Waals surface area contributed by atoms with Crippen molar-refractivity contribution in [3.05, 3.63) is 23.9 Å². The highest BCUT2D eigenvalue weighted by Gasteiger charge is 2.27. The van der Waals surface area contributed by atoms with Gasteiger partial charge in [0.1, 0.15) is 5.82 Å². The second-order valence-corrected chi connectivity index (χ2v) is 4.44. The molecule has 4 nitrogen and oxygen atoms in total. The molecule has 1 amide bonds. The van der Waals surface area contributed by atoms with Crippen molar-refractivity contribution >= 4 is 11.7 Å². The molecule has 0 bridgehead atoms. The molecule has 0 saturated heterocycles. The highest BCUT2D eigenvalue weighted by molar-refractivity contribution is 5.98. The maximum absolute atomic E-state index is 12.4.